The molecule has 0 spiro atoms. The fourth-order valence-electron chi connectivity index (χ4n) is 11.6. The minimum Gasteiger partial charge on any atom is -0.351 e. The number of carbonyl (C=O) groups is 11. The number of halogens is 4. The van der Waals surface area contributed by atoms with Crippen molar-refractivity contribution < 1.29 is 65.9 Å². The van der Waals surface area contributed by atoms with Crippen LogP contribution in [0.5, 0.6) is 0 Å². The minimum absolute atomic E-state index is 0.0381. The van der Waals surface area contributed by atoms with Crippen LogP contribution in [0.4, 0.5) is 13.2 Å². The molecule has 3 aromatic carbocycles. The first-order chi connectivity index (χ1) is 44.8. The third-order valence-corrected chi connectivity index (χ3v) is 18.2. The average molecular weight is 1370 g/mol. The van der Waals surface area contributed by atoms with Crippen molar-refractivity contribution in [1.82, 2.24) is 55.1 Å². The number of aryl methyl sites for hydroxylation is 1. The van der Waals surface area contributed by atoms with Crippen LogP contribution in [-0.4, -0.2) is 229 Å². The number of nitrogens with one attached hydrogen (secondary N) is 3. The summed E-state index contributed by atoms with van der Waals surface area (Å²) in [5, 5.41) is 8.94. The molecule has 0 aromatic heterocycles. The zero-order valence-electron chi connectivity index (χ0n) is 58.8. The van der Waals surface area contributed by atoms with Crippen molar-refractivity contribution in [2.75, 3.05) is 76.0 Å². The van der Waals surface area contributed by atoms with Crippen molar-refractivity contribution in [1.29, 1.82) is 0 Å². The summed E-state index contributed by atoms with van der Waals surface area (Å²) in [4.78, 5) is 170. The average Bonchev–Trinajstić information content (AvgIpc) is 0.821. The predicted molar refractivity (Wildman–Crippen MR) is 360 cm³/mol. The largest absolute Gasteiger partial charge is 0.416 e. The number of amides is 11. The van der Waals surface area contributed by atoms with E-state index < -0.39 is 157 Å². The first-order valence-electron chi connectivity index (χ1n) is 32.7. The van der Waals surface area contributed by atoms with Gasteiger partial charge in [0.25, 0.3) is 0 Å². The second kappa shape index (κ2) is 36.3. The van der Waals surface area contributed by atoms with Crippen molar-refractivity contribution in [3.63, 3.8) is 0 Å². The molecule has 530 valence electrons. The number of hydrogen-bond acceptors (Lipinski definition) is 11. The highest BCUT2D eigenvalue weighted by Gasteiger charge is 2.43. The zero-order valence-corrected chi connectivity index (χ0v) is 59.5. The summed E-state index contributed by atoms with van der Waals surface area (Å²) in [6.07, 6.45) is -4.56. The highest BCUT2D eigenvalue weighted by atomic mass is 35.5. The van der Waals surface area contributed by atoms with Gasteiger partial charge in [-0.1, -0.05) is 128 Å². The van der Waals surface area contributed by atoms with E-state index in [9.17, 15) is 51.5 Å². The van der Waals surface area contributed by atoms with Crippen LogP contribution in [-0.2, 0) is 78.2 Å². The fraction of sp³-hybridized carbons (Fsp3) is 0.586. The van der Waals surface area contributed by atoms with E-state index in [1.807, 2.05) is 34.6 Å². The molecule has 1 heterocycles. The van der Waals surface area contributed by atoms with E-state index in [1.54, 1.807) is 75.4 Å². The van der Waals surface area contributed by atoms with Crippen LogP contribution in [0.2, 0.25) is 5.02 Å². The van der Waals surface area contributed by atoms with Crippen molar-refractivity contribution in [2.45, 2.75) is 168 Å². The van der Waals surface area contributed by atoms with Gasteiger partial charge in [-0.2, -0.15) is 13.2 Å². The molecule has 3 N–H and O–H groups in total. The van der Waals surface area contributed by atoms with Crippen LogP contribution in [0.3, 0.4) is 0 Å². The lowest BCUT2D eigenvalue weighted by atomic mass is 9.95. The lowest BCUT2D eigenvalue weighted by Crippen LogP contribution is -2.61. The quantitative estimate of drug-likeness (QED) is 0.170. The summed E-state index contributed by atoms with van der Waals surface area (Å²) in [6.45, 7) is 14.2. The smallest absolute Gasteiger partial charge is 0.351 e. The summed E-state index contributed by atoms with van der Waals surface area (Å²) >= 11 is 6.22. The first kappa shape index (κ1) is 80.3. The molecule has 0 unspecified atom stereocenters. The van der Waals surface area contributed by atoms with Gasteiger partial charge in [0.15, 0.2) is 0 Å². The van der Waals surface area contributed by atoms with Crippen LogP contribution in [0.15, 0.2) is 78.9 Å². The van der Waals surface area contributed by atoms with Gasteiger partial charge in [0.2, 0.25) is 65.0 Å². The molecule has 4 rings (SSSR count). The van der Waals surface area contributed by atoms with Crippen LogP contribution in [0.1, 0.15) is 117 Å². The molecule has 0 saturated carbocycles. The van der Waals surface area contributed by atoms with Crippen molar-refractivity contribution in [2.24, 2.45) is 23.7 Å². The SMILES string of the molecule is CC[C@H](C)[C@@H]1NC(=O)[C@H](C)N(C)C(=O)C[C@@H](CC(C)C)NC(=O)[C@H](C(C)C)N(C)C(=O)[C@H](Cc2ccccc2)N(C)C(=O)[C@H](CC(C)C)N(C)C(=O)[C@H](CCc2ccc(C(F)(F)F)cc2)NC(=O)CN(C)C(=O)[C@H](Cc2ccc(Cl)cc2)N(C)C(=O)CN(C)C(=O)CN(C)C1=O. The van der Waals surface area contributed by atoms with Crippen LogP contribution >= 0.6 is 11.6 Å². The van der Waals surface area contributed by atoms with Gasteiger partial charge in [0, 0.05) is 86.7 Å². The lowest BCUT2D eigenvalue weighted by Gasteiger charge is -2.39. The second-order valence-corrected chi connectivity index (χ2v) is 27.3. The van der Waals surface area contributed by atoms with E-state index in [4.69, 9.17) is 11.6 Å². The molecule has 11 amide bonds. The number of hydrogen-bond donors (Lipinski definition) is 3. The molecule has 9 atom stereocenters. The highest BCUT2D eigenvalue weighted by molar-refractivity contribution is 6.30. The molecule has 1 aliphatic rings. The third kappa shape index (κ3) is 22.8. The van der Waals surface area contributed by atoms with Crippen molar-refractivity contribution in [3.05, 3.63) is 106 Å². The summed E-state index contributed by atoms with van der Waals surface area (Å²) in [7, 11) is 11.0. The molecule has 0 aliphatic carbocycles. The Morgan fingerprint density at radius 2 is 1.02 bits per heavy atom. The van der Waals surface area contributed by atoms with E-state index in [2.05, 4.69) is 16.0 Å². The van der Waals surface area contributed by atoms with Crippen LogP contribution < -0.4 is 16.0 Å². The number of carbonyl (C=O) groups excluding carboxylic acids is 11. The van der Waals surface area contributed by atoms with Crippen molar-refractivity contribution >= 4 is 76.6 Å². The molecule has 0 radical (unpaired) electrons. The van der Waals surface area contributed by atoms with E-state index in [0.717, 1.165) is 31.7 Å². The van der Waals surface area contributed by atoms with Gasteiger partial charge in [0.05, 0.1) is 25.2 Å². The molecular weight excluding hydrogens is 1260 g/mol. The van der Waals surface area contributed by atoms with Crippen LogP contribution in [0, 0.1) is 23.7 Å². The predicted octanol–water partition coefficient (Wildman–Crippen LogP) is 5.96. The highest BCUT2D eigenvalue weighted by Crippen LogP contribution is 2.30. The van der Waals surface area contributed by atoms with Gasteiger partial charge in [-0.25, -0.2) is 0 Å². The Balaban J connectivity index is 1.91. The van der Waals surface area contributed by atoms with Gasteiger partial charge in [-0.05, 0) is 97.2 Å². The van der Waals surface area contributed by atoms with E-state index >= 15 is 14.4 Å². The summed E-state index contributed by atoms with van der Waals surface area (Å²) < 4.78 is 41.1. The molecule has 26 heteroatoms. The van der Waals surface area contributed by atoms with Gasteiger partial charge >= 0.3 is 6.18 Å². The maximum Gasteiger partial charge on any atom is 0.416 e. The molecule has 1 fully saturated rings. The molecule has 3 aromatic rings. The van der Waals surface area contributed by atoms with Gasteiger partial charge < -0.3 is 55.1 Å². The number of alkyl halides is 3. The minimum atomic E-state index is -4.64. The molecule has 22 nitrogen and oxygen atoms in total. The van der Waals surface area contributed by atoms with Gasteiger partial charge in [-0.15, -0.1) is 0 Å². The van der Waals surface area contributed by atoms with E-state index in [-0.39, 0.29) is 50.4 Å². The maximum atomic E-state index is 15.4. The molecule has 1 aliphatic heterocycles. The number of benzene rings is 3. The Morgan fingerprint density at radius 3 is 1.56 bits per heavy atom. The maximum absolute atomic E-state index is 15.4. The summed E-state index contributed by atoms with van der Waals surface area (Å²) in [6, 6.07) is 9.94. The first-order valence-corrected chi connectivity index (χ1v) is 33.1. The van der Waals surface area contributed by atoms with Gasteiger partial charge in [-0.3, -0.25) is 52.7 Å². The van der Waals surface area contributed by atoms with Crippen LogP contribution in [0.25, 0.3) is 0 Å². The fourth-order valence-corrected chi connectivity index (χ4v) is 11.7. The third-order valence-electron chi connectivity index (χ3n) is 17.9. The Labute approximate surface area is 569 Å². The lowest BCUT2D eigenvalue weighted by molar-refractivity contribution is -0.153. The molecule has 96 heavy (non-hydrogen) atoms. The normalized spacial score (nSPS) is 23.3. The number of rotatable bonds is 14. The Bertz CT molecular complexity index is 3180. The Hall–Kier alpha value is -8.09. The Morgan fingerprint density at radius 1 is 0.510 bits per heavy atom. The summed E-state index contributed by atoms with van der Waals surface area (Å²) in [5.74, 6) is -8.87. The number of nitrogens with zero attached hydrogens (tertiary/aromatic N) is 8. The number of likely N-dealkylation sites (N-methyl/N-ethyl adjacent to an activating group) is 8. The Kier molecular flexibility index (Phi) is 30.4. The summed E-state index contributed by atoms with van der Waals surface area (Å²) in [5.41, 5.74) is 0.680. The molecular formula is C70H101ClF3N11O11. The topological polar surface area (TPSA) is 250 Å². The van der Waals surface area contributed by atoms with Gasteiger partial charge in [0.1, 0.15) is 42.3 Å². The van der Waals surface area contributed by atoms with E-state index in [1.165, 1.54) is 95.0 Å². The van der Waals surface area contributed by atoms with Crippen molar-refractivity contribution in [3.8, 4) is 0 Å². The molecule has 0 bridgehead atoms. The second-order valence-electron chi connectivity index (χ2n) is 26.8. The zero-order chi connectivity index (χ0) is 72.4. The monoisotopic (exact) mass is 1360 g/mol. The van der Waals surface area contributed by atoms with E-state index in [0.29, 0.717) is 34.6 Å². The standard InChI is InChI=1S/C70H101ClF3N11O11/c1-18-45(8)61-69(96)80(12)40-59(88)78(10)41-60(89)82(14)55(37-49-26-31-51(71)32-27-49)66(93)79(11)39-57(86)76-53(33-28-47-24-29-50(30-25-47)70(72,73)74)65(92)83(15)54(35-43(4)5)67(94)84(16)56(36-48-22-20-19-21-23-48)68(95)85(17)62(44(6)7)64(91)75-52(34-42(2)3)38-58(87)81(13)46(9)63(90)77-61/h19-27,29-32,42-46,52-56,61-62H,18,28,33-41H2,1-17H3,(H,75,91)(H,76,86)(H,77,90)/t45-,46-,52+,53-,54-,55-,56-,61-,62-/m0/s1. The molecule has 1 saturated heterocycles.